The second-order valence-corrected chi connectivity index (χ2v) is 5.23. The number of thiocarbonyl (C=S) groups is 1. The van der Waals surface area contributed by atoms with E-state index in [1.54, 1.807) is 0 Å². The van der Waals surface area contributed by atoms with Crippen LogP contribution in [0, 0.1) is 0 Å². The molecule has 0 unspecified atom stereocenters. The quantitative estimate of drug-likeness (QED) is 0.573. The van der Waals surface area contributed by atoms with Gasteiger partial charge in [-0.3, -0.25) is 10.9 Å². The standard InChI is InChI=1S/C16H16F3N3S/c17-16(18,19)13-7-4-8-14(11-13)21-22-15(23)20-10-9-12-5-2-1-3-6-12/h1-8,11,21H,9-10H2,(H2,20,22,23). The molecule has 2 rings (SSSR count). The lowest BCUT2D eigenvalue weighted by Crippen LogP contribution is -2.39. The zero-order chi connectivity index (χ0) is 16.7. The van der Waals surface area contributed by atoms with Crippen molar-refractivity contribution in [3.63, 3.8) is 0 Å². The van der Waals surface area contributed by atoms with Gasteiger partial charge in [-0.05, 0) is 42.4 Å². The minimum Gasteiger partial charge on any atom is -0.361 e. The van der Waals surface area contributed by atoms with E-state index in [9.17, 15) is 13.2 Å². The number of alkyl halides is 3. The average molecular weight is 339 g/mol. The second kappa shape index (κ2) is 7.82. The summed E-state index contributed by atoms with van der Waals surface area (Å²) in [5, 5.41) is 3.30. The van der Waals surface area contributed by atoms with Gasteiger partial charge in [0, 0.05) is 6.54 Å². The Hall–Kier alpha value is -2.28. The normalized spacial score (nSPS) is 10.9. The topological polar surface area (TPSA) is 36.1 Å². The van der Waals surface area contributed by atoms with Crippen LogP contribution in [0.15, 0.2) is 54.6 Å². The minimum absolute atomic E-state index is 0.284. The van der Waals surface area contributed by atoms with E-state index in [1.807, 2.05) is 30.3 Å². The van der Waals surface area contributed by atoms with Gasteiger partial charge < -0.3 is 5.32 Å². The molecule has 0 bridgehead atoms. The van der Waals surface area contributed by atoms with Gasteiger partial charge in [0.2, 0.25) is 0 Å². The van der Waals surface area contributed by atoms with Gasteiger partial charge >= 0.3 is 6.18 Å². The molecule has 2 aromatic carbocycles. The Morgan fingerprint density at radius 1 is 1.00 bits per heavy atom. The van der Waals surface area contributed by atoms with Crippen LogP contribution < -0.4 is 16.2 Å². The maximum atomic E-state index is 12.6. The fourth-order valence-electron chi connectivity index (χ4n) is 1.91. The molecule has 3 N–H and O–H groups in total. The summed E-state index contributed by atoms with van der Waals surface area (Å²) < 4.78 is 37.8. The third-order valence-corrected chi connectivity index (χ3v) is 3.30. The first kappa shape index (κ1) is 17.1. The van der Waals surface area contributed by atoms with Crippen molar-refractivity contribution in [2.75, 3.05) is 12.0 Å². The Labute approximate surface area is 137 Å². The van der Waals surface area contributed by atoms with Crippen LogP contribution in [-0.4, -0.2) is 11.7 Å². The Kier molecular flexibility index (Phi) is 5.81. The lowest BCUT2D eigenvalue weighted by Gasteiger charge is -2.14. The van der Waals surface area contributed by atoms with E-state index in [0.717, 1.165) is 18.6 Å². The van der Waals surface area contributed by atoms with Gasteiger partial charge in [0.05, 0.1) is 11.3 Å². The molecule has 0 fully saturated rings. The number of hydrogen-bond acceptors (Lipinski definition) is 2. The molecular weight excluding hydrogens is 323 g/mol. The van der Waals surface area contributed by atoms with Gasteiger partial charge in [0.25, 0.3) is 0 Å². The van der Waals surface area contributed by atoms with Crippen molar-refractivity contribution in [2.45, 2.75) is 12.6 Å². The molecule has 0 aliphatic rings. The van der Waals surface area contributed by atoms with E-state index in [-0.39, 0.29) is 5.69 Å². The van der Waals surface area contributed by atoms with Gasteiger partial charge in [-0.25, -0.2) is 0 Å². The summed E-state index contributed by atoms with van der Waals surface area (Å²) in [4.78, 5) is 0. The Balaban J connectivity index is 1.76. The predicted octanol–water partition coefficient (Wildman–Crippen LogP) is 3.74. The third kappa shape index (κ3) is 5.78. The smallest absolute Gasteiger partial charge is 0.361 e. The van der Waals surface area contributed by atoms with Gasteiger partial charge in [-0.15, -0.1) is 0 Å². The summed E-state index contributed by atoms with van der Waals surface area (Å²) >= 11 is 5.07. The van der Waals surface area contributed by atoms with Crippen molar-refractivity contribution in [3.05, 3.63) is 65.7 Å². The highest BCUT2D eigenvalue weighted by Crippen LogP contribution is 2.30. The van der Waals surface area contributed by atoms with Crippen LogP contribution in [0.25, 0.3) is 0 Å². The molecule has 0 aliphatic carbocycles. The highest BCUT2D eigenvalue weighted by Gasteiger charge is 2.30. The summed E-state index contributed by atoms with van der Waals surface area (Å²) in [6.45, 7) is 0.625. The minimum atomic E-state index is -4.37. The summed E-state index contributed by atoms with van der Waals surface area (Å²) in [6, 6.07) is 14.8. The third-order valence-electron chi connectivity index (χ3n) is 3.05. The van der Waals surface area contributed by atoms with Crippen molar-refractivity contribution < 1.29 is 13.2 Å². The van der Waals surface area contributed by atoms with E-state index in [0.29, 0.717) is 11.7 Å². The monoisotopic (exact) mass is 339 g/mol. The molecule has 23 heavy (non-hydrogen) atoms. The second-order valence-electron chi connectivity index (χ2n) is 4.82. The molecule has 0 amide bonds. The molecule has 3 nitrogen and oxygen atoms in total. The van der Waals surface area contributed by atoms with E-state index in [1.165, 1.54) is 17.7 Å². The fourth-order valence-corrected chi connectivity index (χ4v) is 2.06. The Morgan fingerprint density at radius 3 is 2.43 bits per heavy atom. The van der Waals surface area contributed by atoms with Crippen LogP contribution in [0.2, 0.25) is 0 Å². The maximum Gasteiger partial charge on any atom is 0.416 e. The van der Waals surface area contributed by atoms with Gasteiger partial charge in [-0.2, -0.15) is 13.2 Å². The number of benzene rings is 2. The first-order valence-corrected chi connectivity index (χ1v) is 7.37. The molecule has 7 heteroatoms. The van der Waals surface area contributed by atoms with Crippen LogP contribution in [0.1, 0.15) is 11.1 Å². The molecule has 0 radical (unpaired) electrons. The van der Waals surface area contributed by atoms with Gasteiger partial charge in [0.15, 0.2) is 5.11 Å². The average Bonchev–Trinajstić information content (AvgIpc) is 2.53. The molecule has 0 saturated heterocycles. The summed E-state index contributed by atoms with van der Waals surface area (Å²) in [7, 11) is 0. The van der Waals surface area contributed by atoms with Crippen molar-refractivity contribution in [1.82, 2.24) is 10.7 Å². The predicted molar refractivity (Wildman–Crippen MR) is 88.9 cm³/mol. The molecule has 0 spiro atoms. The summed E-state index contributed by atoms with van der Waals surface area (Å²) in [5.41, 5.74) is 6.06. The Morgan fingerprint density at radius 2 is 1.74 bits per heavy atom. The van der Waals surface area contributed by atoms with Crippen LogP contribution in [0.4, 0.5) is 18.9 Å². The molecular formula is C16H16F3N3S. The number of hydrazine groups is 1. The van der Waals surface area contributed by atoms with Crippen LogP contribution >= 0.6 is 12.2 Å². The largest absolute Gasteiger partial charge is 0.416 e. The molecule has 122 valence electrons. The molecule has 0 aromatic heterocycles. The number of hydrogen-bond donors (Lipinski definition) is 3. The number of nitrogens with one attached hydrogen (secondary N) is 3. The lowest BCUT2D eigenvalue weighted by atomic mass is 10.1. The molecule has 0 aliphatic heterocycles. The van der Waals surface area contributed by atoms with Crippen LogP contribution in [0.3, 0.4) is 0 Å². The van der Waals surface area contributed by atoms with Gasteiger partial charge in [-0.1, -0.05) is 36.4 Å². The van der Waals surface area contributed by atoms with Crippen molar-refractivity contribution in [1.29, 1.82) is 0 Å². The highest BCUT2D eigenvalue weighted by atomic mass is 32.1. The molecule has 0 atom stereocenters. The zero-order valence-corrected chi connectivity index (χ0v) is 13.0. The highest BCUT2D eigenvalue weighted by molar-refractivity contribution is 7.80. The molecule has 0 saturated carbocycles. The SMILES string of the molecule is FC(F)(F)c1cccc(NNC(=S)NCCc2ccccc2)c1. The maximum absolute atomic E-state index is 12.6. The lowest BCUT2D eigenvalue weighted by molar-refractivity contribution is -0.137. The van der Waals surface area contributed by atoms with Crippen molar-refractivity contribution >= 4 is 23.0 Å². The molecule has 0 heterocycles. The van der Waals surface area contributed by atoms with Gasteiger partial charge in [0.1, 0.15) is 0 Å². The Bertz CT molecular complexity index is 645. The van der Waals surface area contributed by atoms with Crippen LogP contribution in [-0.2, 0) is 12.6 Å². The van der Waals surface area contributed by atoms with Crippen molar-refractivity contribution in [3.8, 4) is 0 Å². The number of anilines is 1. The fraction of sp³-hybridized carbons (Fsp3) is 0.188. The first-order chi connectivity index (χ1) is 10.9. The van der Waals surface area contributed by atoms with E-state index in [2.05, 4.69) is 16.2 Å². The van der Waals surface area contributed by atoms with E-state index in [4.69, 9.17) is 12.2 Å². The van der Waals surface area contributed by atoms with Crippen molar-refractivity contribution in [2.24, 2.45) is 0 Å². The zero-order valence-electron chi connectivity index (χ0n) is 12.2. The summed E-state index contributed by atoms with van der Waals surface area (Å²) in [6.07, 6.45) is -3.57. The van der Waals surface area contributed by atoms with Crippen LogP contribution in [0.5, 0.6) is 0 Å². The number of halogens is 3. The summed E-state index contributed by atoms with van der Waals surface area (Å²) in [5.74, 6) is 0. The van der Waals surface area contributed by atoms with E-state index >= 15 is 0 Å². The van der Waals surface area contributed by atoms with E-state index < -0.39 is 11.7 Å². The number of rotatable bonds is 5. The molecule has 2 aromatic rings. The first-order valence-electron chi connectivity index (χ1n) is 6.96.